The maximum absolute atomic E-state index is 13.1. The molecule has 1 aliphatic carbocycles. The van der Waals surface area contributed by atoms with Gasteiger partial charge in [0.1, 0.15) is 4.90 Å². The second-order valence-electron chi connectivity index (χ2n) is 7.75. The maximum Gasteiger partial charge on any atom is 0.248 e. The third-order valence-electron chi connectivity index (χ3n) is 5.56. The number of aryl methyl sites for hydroxylation is 1. The number of hydrogen-bond donors (Lipinski definition) is 1. The van der Waals surface area contributed by atoms with E-state index in [1.165, 1.54) is 10.7 Å². The minimum Gasteiger partial charge on any atom is -0.352 e. The molecule has 2 heterocycles. The SMILES string of the molecule is Cc1ccc(N2CN(CC(=O)NC3CCCCC3)S(=O)(=O)c3cccnc32)cc1. The van der Waals surface area contributed by atoms with Crippen LogP contribution in [0.2, 0.25) is 0 Å². The van der Waals surface area contributed by atoms with Crippen molar-refractivity contribution >= 4 is 27.4 Å². The zero-order chi connectivity index (χ0) is 20.4. The Balaban J connectivity index is 1.61. The summed E-state index contributed by atoms with van der Waals surface area (Å²) in [5.74, 6) is 0.136. The van der Waals surface area contributed by atoms with Gasteiger partial charge >= 0.3 is 0 Å². The number of benzene rings is 1. The lowest BCUT2D eigenvalue weighted by Gasteiger charge is -2.36. The third-order valence-corrected chi connectivity index (χ3v) is 7.36. The molecule has 1 saturated carbocycles. The summed E-state index contributed by atoms with van der Waals surface area (Å²) < 4.78 is 27.5. The molecule has 0 atom stereocenters. The normalized spacial score (nSPS) is 19.6. The van der Waals surface area contributed by atoms with Crippen molar-refractivity contribution < 1.29 is 13.2 Å². The van der Waals surface area contributed by atoms with Crippen molar-refractivity contribution in [3.8, 4) is 0 Å². The van der Waals surface area contributed by atoms with Crippen molar-refractivity contribution in [3.63, 3.8) is 0 Å². The van der Waals surface area contributed by atoms with Crippen LogP contribution in [0.25, 0.3) is 0 Å². The third kappa shape index (κ3) is 4.13. The summed E-state index contributed by atoms with van der Waals surface area (Å²) in [5, 5.41) is 3.01. The predicted octanol–water partition coefficient (Wildman–Crippen LogP) is 2.94. The molecule has 7 nitrogen and oxygen atoms in total. The van der Waals surface area contributed by atoms with Gasteiger partial charge in [0.15, 0.2) is 5.82 Å². The van der Waals surface area contributed by atoms with E-state index in [1.54, 1.807) is 18.3 Å². The van der Waals surface area contributed by atoms with Crippen molar-refractivity contribution in [1.82, 2.24) is 14.6 Å². The smallest absolute Gasteiger partial charge is 0.248 e. The Bertz CT molecular complexity index is 985. The minimum atomic E-state index is -3.80. The molecular formula is C21H26N4O3S. The van der Waals surface area contributed by atoms with Crippen molar-refractivity contribution in [1.29, 1.82) is 0 Å². The van der Waals surface area contributed by atoms with E-state index in [4.69, 9.17) is 0 Å². The average molecular weight is 415 g/mol. The standard InChI is InChI=1S/C21H26N4O3S/c1-16-9-11-18(12-10-16)25-15-24(14-20(26)23-17-6-3-2-4-7-17)29(27,28)19-8-5-13-22-21(19)25/h5,8-13,17H,2-4,6-7,14-15H2,1H3,(H,23,26). The van der Waals surface area contributed by atoms with Gasteiger partial charge in [-0.3, -0.25) is 4.79 Å². The second-order valence-corrected chi connectivity index (χ2v) is 9.65. The molecule has 1 aliphatic heterocycles. The Kier molecular flexibility index (Phi) is 5.56. The van der Waals surface area contributed by atoms with Crippen LogP contribution in [0, 0.1) is 6.92 Å². The number of hydrogen-bond acceptors (Lipinski definition) is 5. The van der Waals surface area contributed by atoms with E-state index in [-0.39, 0.29) is 30.1 Å². The van der Waals surface area contributed by atoms with E-state index in [9.17, 15) is 13.2 Å². The number of nitrogens with zero attached hydrogens (tertiary/aromatic N) is 3. The van der Waals surface area contributed by atoms with E-state index < -0.39 is 10.0 Å². The predicted molar refractivity (Wildman–Crippen MR) is 111 cm³/mol. The summed E-state index contributed by atoms with van der Waals surface area (Å²) in [6.45, 7) is 1.85. The number of anilines is 2. The fourth-order valence-corrected chi connectivity index (χ4v) is 5.45. The number of sulfonamides is 1. The fourth-order valence-electron chi connectivity index (χ4n) is 3.97. The number of fused-ring (bicyclic) bond motifs is 1. The first-order valence-electron chi connectivity index (χ1n) is 10.0. The van der Waals surface area contributed by atoms with Gasteiger partial charge in [0.2, 0.25) is 15.9 Å². The summed E-state index contributed by atoms with van der Waals surface area (Å²) in [5.41, 5.74) is 1.95. The molecule has 1 aromatic heterocycles. The fraction of sp³-hybridized carbons (Fsp3) is 0.429. The highest BCUT2D eigenvalue weighted by Crippen LogP contribution is 2.36. The molecule has 1 N–H and O–H groups in total. The molecule has 29 heavy (non-hydrogen) atoms. The largest absolute Gasteiger partial charge is 0.352 e. The molecule has 8 heteroatoms. The van der Waals surface area contributed by atoms with Crippen molar-refractivity contribution in [2.45, 2.75) is 50.0 Å². The zero-order valence-corrected chi connectivity index (χ0v) is 17.4. The van der Waals surface area contributed by atoms with Gasteiger partial charge < -0.3 is 10.2 Å². The monoisotopic (exact) mass is 414 g/mol. The summed E-state index contributed by atoms with van der Waals surface area (Å²) >= 11 is 0. The van der Waals surface area contributed by atoms with Gasteiger partial charge in [0.25, 0.3) is 0 Å². The highest BCUT2D eigenvalue weighted by Gasteiger charge is 2.38. The minimum absolute atomic E-state index is 0.0491. The first kappa shape index (κ1) is 19.8. The van der Waals surface area contributed by atoms with Crippen molar-refractivity contribution in [2.75, 3.05) is 18.1 Å². The summed E-state index contributed by atoms with van der Waals surface area (Å²) in [7, 11) is -3.80. The molecule has 2 aliphatic rings. The van der Waals surface area contributed by atoms with Crippen LogP contribution in [0.3, 0.4) is 0 Å². The summed E-state index contributed by atoms with van der Waals surface area (Å²) in [4.78, 5) is 18.9. The molecule has 0 unspecified atom stereocenters. The van der Waals surface area contributed by atoms with Crippen LogP contribution in [0.1, 0.15) is 37.7 Å². The van der Waals surface area contributed by atoms with E-state index in [2.05, 4.69) is 10.3 Å². The van der Waals surface area contributed by atoms with Gasteiger partial charge in [-0.1, -0.05) is 37.0 Å². The van der Waals surface area contributed by atoms with Crippen LogP contribution in [0.15, 0.2) is 47.5 Å². The Morgan fingerprint density at radius 2 is 1.86 bits per heavy atom. The van der Waals surface area contributed by atoms with Crippen LogP contribution in [0.5, 0.6) is 0 Å². The lowest BCUT2D eigenvalue weighted by molar-refractivity contribution is -0.122. The quantitative estimate of drug-likeness (QED) is 0.832. The number of carbonyl (C=O) groups is 1. The van der Waals surface area contributed by atoms with Gasteiger partial charge in [0, 0.05) is 17.9 Å². The molecule has 1 amide bonds. The van der Waals surface area contributed by atoms with E-state index >= 15 is 0 Å². The molecule has 0 radical (unpaired) electrons. The Hall–Kier alpha value is -2.45. The van der Waals surface area contributed by atoms with E-state index in [0.717, 1.165) is 36.9 Å². The van der Waals surface area contributed by atoms with Gasteiger partial charge in [-0.25, -0.2) is 13.4 Å². The van der Waals surface area contributed by atoms with Crippen molar-refractivity contribution in [2.24, 2.45) is 0 Å². The van der Waals surface area contributed by atoms with Crippen LogP contribution >= 0.6 is 0 Å². The first-order chi connectivity index (χ1) is 13.9. The zero-order valence-electron chi connectivity index (χ0n) is 16.5. The number of amides is 1. The Labute approximate surface area is 171 Å². The molecule has 0 spiro atoms. The van der Waals surface area contributed by atoms with Crippen LogP contribution in [-0.2, 0) is 14.8 Å². The number of pyridine rings is 1. The molecule has 1 fully saturated rings. The summed E-state index contributed by atoms with van der Waals surface area (Å²) in [6, 6.07) is 11.1. The van der Waals surface area contributed by atoms with Gasteiger partial charge in [-0.15, -0.1) is 0 Å². The number of rotatable bonds is 4. The topological polar surface area (TPSA) is 82.6 Å². The molecule has 1 aromatic carbocycles. The number of aromatic nitrogens is 1. The van der Waals surface area contributed by atoms with E-state index in [1.807, 2.05) is 36.1 Å². The van der Waals surface area contributed by atoms with Crippen LogP contribution in [0.4, 0.5) is 11.5 Å². The lowest BCUT2D eigenvalue weighted by Crippen LogP contribution is -2.50. The van der Waals surface area contributed by atoms with Gasteiger partial charge in [-0.05, 0) is 44.0 Å². The van der Waals surface area contributed by atoms with Crippen LogP contribution < -0.4 is 10.2 Å². The first-order valence-corrected chi connectivity index (χ1v) is 11.5. The Morgan fingerprint density at radius 1 is 1.14 bits per heavy atom. The van der Waals surface area contributed by atoms with E-state index in [0.29, 0.717) is 5.82 Å². The van der Waals surface area contributed by atoms with Crippen LogP contribution in [-0.4, -0.2) is 42.9 Å². The molecule has 2 aromatic rings. The average Bonchev–Trinajstić information content (AvgIpc) is 2.72. The number of carbonyl (C=O) groups excluding carboxylic acids is 1. The molecule has 0 saturated heterocycles. The Morgan fingerprint density at radius 3 is 2.59 bits per heavy atom. The van der Waals surface area contributed by atoms with Gasteiger partial charge in [0.05, 0.1) is 13.2 Å². The van der Waals surface area contributed by atoms with Gasteiger partial charge in [-0.2, -0.15) is 4.31 Å². The molecule has 4 rings (SSSR count). The summed E-state index contributed by atoms with van der Waals surface area (Å²) in [6.07, 6.45) is 6.91. The molecule has 154 valence electrons. The number of nitrogens with one attached hydrogen (secondary N) is 1. The highest BCUT2D eigenvalue weighted by molar-refractivity contribution is 7.89. The second kappa shape index (κ2) is 8.12. The highest BCUT2D eigenvalue weighted by atomic mass is 32.2. The molecule has 0 bridgehead atoms. The maximum atomic E-state index is 13.1. The molecular weight excluding hydrogens is 388 g/mol. The lowest BCUT2D eigenvalue weighted by atomic mass is 9.95. The van der Waals surface area contributed by atoms with Crippen molar-refractivity contribution in [3.05, 3.63) is 48.2 Å².